The Hall–Kier alpha value is -0.320. The lowest BCUT2D eigenvalue weighted by Gasteiger charge is -2.38. The Balaban J connectivity index is 1.68. The van der Waals surface area contributed by atoms with Crippen LogP contribution < -0.4 is 5.32 Å². The smallest absolute Gasteiger partial charge is 0.169 e. The summed E-state index contributed by atoms with van der Waals surface area (Å²) in [5, 5.41) is 3.70. The van der Waals surface area contributed by atoms with Crippen LogP contribution in [0.2, 0.25) is 0 Å². The number of piperidine rings is 1. The van der Waals surface area contributed by atoms with Crippen molar-refractivity contribution in [3.8, 4) is 0 Å². The second kappa shape index (κ2) is 4.99. The molecule has 2 saturated heterocycles. The second-order valence-corrected chi connectivity index (χ2v) is 6.53. The number of fused-ring (bicyclic) bond motifs is 2. The fourth-order valence-corrected chi connectivity index (χ4v) is 3.75. The van der Waals surface area contributed by atoms with E-state index in [0.29, 0.717) is 12.1 Å². The van der Waals surface area contributed by atoms with Gasteiger partial charge in [0.05, 0.1) is 6.04 Å². The molecule has 0 saturated carbocycles. The highest BCUT2D eigenvalue weighted by atomic mass is 79.9. The van der Waals surface area contributed by atoms with Crippen LogP contribution in [0.15, 0.2) is 21.2 Å². The van der Waals surface area contributed by atoms with Gasteiger partial charge in [0.2, 0.25) is 0 Å². The Kier molecular flexibility index (Phi) is 3.52. The zero-order chi connectivity index (χ0) is 12.7. The van der Waals surface area contributed by atoms with Crippen LogP contribution in [0.3, 0.4) is 0 Å². The number of nitrogens with zero attached hydrogens (tertiary/aromatic N) is 1. The van der Waals surface area contributed by atoms with Crippen LogP contribution in [0.25, 0.3) is 0 Å². The predicted octanol–water partition coefficient (Wildman–Crippen LogP) is 3.32. The average Bonchev–Trinajstić information content (AvgIpc) is 2.94. The summed E-state index contributed by atoms with van der Waals surface area (Å²) in [5.41, 5.74) is 0. The molecule has 1 N–H and O–H groups in total. The third-order valence-corrected chi connectivity index (χ3v) is 5.07. The molecular weight excluding hydrogens is 292 g/mol. The summed E-state index contributed by atoms with van der Waals surface area (Å²) in [6, 6.07) is 6.56. The van der Waals surface area contributed by atoms with Crippen LogP contribution in [-0.2, 0) is 0 Å². The van der Waals surface area contributed by atoms with Crippen molar-refractivity contribution in [1.29, 1.82) is 0 Å². The van der Waals surface area contributed by atoms with E-state index in [1.54, 1.807) is 0 Å². The molecule has 2 fully saturated rings. The number of hydrogen-bond donors (Lipinski definition) is 1. The Bertz CT molecular complexity index is 408. The summed E-state index contributed by atoms with van der Waals surface area (Å²) in [7, 11) is 2.23. The minimum Gasteiger partial charge on any atom is -0.453 e. The molecule has 2 aliphatic heterocycles. The molecule has 0 amide bonds. The third-order valence-electron chi connectivity index (χ3n) is 4.64. The standard InChI is InChI=1S/C14H21BrN2O/c1-9(13-5-6-14(15)18-13)17(2)12-7-10-3-4-11(8-12)16-10/h5-6,9-12,16H,3-4,7-8H2,1-2H3. The first-order chi connectivity index (χ1) is 8.63. The molecular formula is C14H21BrN2O. The monoisotopic (exact) mass is 312 g/mol. The van der Waals surface area contributed by atoms with Gasteiger partial charge in [-0.15, -0.1) is 0 Å². The highest BCUT2D eigenvalue weighted by Gasteiger charge is 2.36. The molecule has 2 aliphatic rings. The van der Waals surface area contributed by atoms with Gasteiger partial charge in [-0.2, -0.15) is 0 Å². The number of halogens is 1. The lowest BCUT2D eigenvalue weighted by atomic mass is 9.97. The largest absolute Gasteiger partial charge is 0.453 e. The molecule has 1 aromatic heterocycles. The van der Waals surface area contributed by atoms with E-state index in [1.165, 1.54) is 25.7 Å². The van der Waals surface area contributed by atoms with Crippen molar-refractivity contribution >= 4 is 15.9 Å². The van der Waals surface area contributed by atoms with Crippen LogP contribution in [0.4, 0.5) is 0 Å². The van der Waals surface area contributed by atoms with Gasteiger partial charge in [0.25, 0.3) is 0 Å². The van der Waals surface area contributed by atoms with E-state index in [1.807, 2.05) is 6.07 Å². The molecule has 3 nitrogen and oxygen atoms in total. The van der Waals surface area contributed by atoms with Crippen LogP contribution >= 0.6 is 15.9 Å². The number of furan rings is 1. The van der Waals surface area contributed by atoms with Crippen LogP contribution in [0.5, 0.6) is 0 Å². The molecule has 0 aromatic carbocycles. The van der Waals surface area contributed by atoms with Crippen molar-refractivity contribution in [2.24, 2.45) is 0 Å². The summed E-state index contributed by atoms with van der Waals surface area (Å²) in [6.45, 7) is 2.23. The quantitative estimate of drug-likeness (QED) is 0.928. The third kappa shape index (κ3) is 2.38. The van der Waals surface area contributed by atoms with E-state index < -0.39 is 0 Å². The lowest BCUT2D eigenvalue weighted by Crippen LogP contribution is -2.47. The van der Waals surface area contributed by atoms with Crippen LogP contribution in [-0.4, -0.2) is 30.1 Å². The maximum atomic E-state index is 5.69. The van der Waals surface area contributed by atoms with Gasteiger partial charge in [-0.3, -0.25) is 4.90 Å². The van der Waals surface area contributed by atoms with Gasteiger partial charge >= 0.3 is 0 Å². The first-order valence-corrected chi connectivity index (χ1v) is 7.66. The van der Waals surface area contributed by atoms with Crippen molar-refractivity contribution in [3.05, 3.63) is 22.6 Å². The highest BCUT2D eigenvalue weighted by molar-refractivity contribution is 9.10. The molecule has 3 heterocycles. The number of hydrogen-bond acceptors (Lipinski definition) is 3. The Morgan fingerprint density at radius 1 is 1.33 bits per heavy atom. The first-order valence-electron chi connectivity index (χ1n) is 6.86. The maximum absolute atomic E-state index is 5.69. The Morgan fingerprint density at radius 2 is 2.00 bits per heavy atom. The van der Waals surface area contributed by atoms with E-state index in [4.69, 9.17) is 4.42 Å². The molecule has 3 unspecified atom stereocenters. The van der Waals surface area contributed by atoms with Crippen molar-refractivity contribution in [3.63, 3.8) is 0 Å². The fourth-order valence-electron chi connectivity index (χ4n) is 3.43. The highest BCUT2D eigenvalue weighted by Crippen LogP contribution is 2.33. The number of rotatable bonds is 3. The average molecular weight is 313 g/mol. The van der Waals surface area contributed by atoms with Gasteiger partial charge in [0, 0.05) is 18.1 Å². The van der Waals surface area contributed by atoms with Gasteiger partial charge in [-0.1, -0.05) is 0 Å². The van der Waals surface area contributed by atoms with Crippen LogP contribution in [0.1, 0.15) is 44.4 Å². The van der Waals surface area contributed by atoms with E-state index in [2.05, 4.69) is 46.2 Å². The van der Waals surface area contributed by atoms with Crippen molar-refractivity contribution in [1.82, 2.24) is 10.2 Å². The minimum absolute atomic E-state index is 0.346. The van der Waals surface area contributed by atoms with Gasteiger partial charge in [-0.25, -0.2) is 0 Å². The molecule has 0 radical (unpaired) electrons. The lowest BCUT2D eigenvalue weighted by molar-refractivity contribution is 0.120. The van der Waals surface area contributed by atoms with Crippen LogP contribution in [0, 0.1) is 0 Å². The normalized spacial score (nSPS) is 33.0. The van der Waals surface area contributed by atoms with E-state index >= 15 is 0 Å². The van der Waals surface area contributed by atoms with Gasteiger partial charge in [0.15, 0.2) is 4.67 Å². The van der Waals surface area contributed by atoms with Crippen molar-refractivity contribution < 1.29 is 4.42 Å². The summed E-state index contributed by atoms with van der Waals surface area (Å²) in [4.78, 5) is 2.48. The zero-order valence-electron chi connectivity index (χ0n) is 11.0. The molecule has 18 heavy (non-hydrogen) atoms. The molecule has 2 bridgehead atoms. The molecule has 4 heteroatoms. The Morgan fingerprint density at radius 3 is 2.56 bits per heavy atom. The predicted molar refractivity (Wildman–Crippen MR) is 75.6 cm³/mol. The molecule has 3 atom stereocenters. The summed E-state index contributed by atoms with van der Waals surface area (Å²) in [5.74, 6) is 1.05. The van der Waals surface area contributed by atoms with Gasteiger partial charge < -0.3 is 9.73 Å². The minimum atomic E-state index is 0.346. The van der Waals surface area contributed by atoms with Crippen molar-refractivity contribution in [2.45, 2.75) is 56.8 Å². The molecule has 1 aromatic rings. The van der Waals surface area contributed by atoms with E-state index in [-0.39, 0.29) is 0 Å². The molecule has 100 valence electrons. The summed E-state index contributed by atoms with van der Waals surface area (Å²) < 4.78 is 6.51. The summed E-state index contributed by atoms with van der Waals surface area (Å²) >= 11 is 3.38. The van der Waals surface area contributed by atoms with Gasteiger partial charge in [-0.05, 0) is 67.7 Å². The second-order valence-electron chi connectivity index (χ2n) is 5.75. The van der Waals surface area contributed by atoms with Gasteiger partial charge in [0.1, 0.15) is 5.76 Å². The Labute approximate surface area is 117 Å². The van der Waals surface area contributed by atoms with Crippen molar-refractivity contribution in [2.75, 3.05) is 7.05 Å². The zero-order valence-corrected chi connectivity index (χ0v) is 12.6. The maximum Gasteiger partial charge on any atom is 0.169 e. The fraction of sp³-hybridized carbons (Fsp3) is 0.714. The topological polar surface area (TPSA) is 28.4 Å². The number of nitrogens with one attached hydrogen (secondary N) is 1. The molecule has 3 rings (SSSR count). The van der Waals surface area contributed by atoms with E-state index in [0.717, 1.165) is 22.5 Å². The first kappa shape index (κ1) is 12.7. The SMILES string of the molecule is CC(c1ccc(Br)o1)N(C)C1CC2CCC(C1)N2. The molecule has 0 aliphatic carbocycles. The van der Waals surface area contributed by atoms with E-state index in [9.17, 15) is 0 Å². The summed E-state index contributed by atoms with van der Waals surface area (Å²) in [6.07, 6.45) is 5.27. The molecule has 0 spiro atoms.